The molecule has 0 aliphatic carbocycles. The number of nitrogens with one attached hydrogen (secondary N) is 3. The normalized spacial score (nSPS) is 10.3. The second-order valence-corrected chi connectivity index (χ2v) is 5.86. The summed E-state index contributed by atoms with van der Waals surface area (Å²) in [4.78, 5) is 23.6. The fourth-order valence-corrected chi connectivity index (χ4v) is 2.19. The Labute approximate surface area is 142 Å². The molecule has 2 rings (SSSR count). The summed E-state index contributed by atoms with van der Waals surface area (Å²) >= 11 is 0. The zero-order chi connectivity index (χ0) is 17.4. The number of carbonyl (C=O) groups is 2. The van der Waals surface area contributed by atoms with Crippen LogP contribution in [0.1, 0.15) is 25.8 Å². The fourth-order valence-electron chi connectivity index (χ4n) is 2.19. The van der Waals surface area contributed by atoms with Crippen molar-refractivity contribution in [2.45, 2.75) is 32.7 Å². The summed E-state index contributed by atoms with van der Waals surface area (Å²) in [6, 6.07) is 16.8. The Morgan fingerprint density at radius 1 is 0.875 bits per heavy atom. The Morgan fingerprint density at radius 2 is 1.46 bits per heavy atom. The molecule has 5 nitrogen and oxygen atoms in total. The Balaban J connectivity index is 1.80. The van der Waals surface area contributed by atoms with Crippen molar-refractivity contribution < 1.29 is 9.59 Å². The molecule has 2 aromatic rings. The van der Waals surface area contributed by atoms with E-state index >= 15 is 0 Å². The van der Waals surface area contributed by atoms with Crippen molar-refractivity contribution in [1.29, 1.82) is 0 Å². The highest BCUT2D eigenvalue weighted by molar-refractivity contribution is 5.92. The first kappa shape index (κ1) is 17.5. The van der Waals surface area contributed by atoms with Crippen LogP contribution in [0.4, 0.5) is 16.2 Å². The van der Waals surface area contributed by atoms with Crippen molar-refractivity contribution in [3.8, 4) is 0 Å². The molecule has 0 atom stereocenters. The van der Waals surface area contributed by atoms with Crippen LogP contribution < -0.4 is 16.0 Å². The molecule has 0 aliphatic heterocycles. The van der Waals surface area contributed by atoms with Gasteiger partial charge in [0.25, 0.3) is 0 Å². The van der Waals surface area contributed by atoms with Crippen LogP contribution in [0.25, 0.3) is 0 Å². The maximum absolute atomic E-state index is 12.0. The molecule has 0 aliphatic rings. The third-order valence-corrected chi connectivity index (χ3v) is 3.33. The summed E-state index contributed by atoms with van der Waals surface area (Å²) in [5.41, 5.74) is 2.53. The van der Waals surface area contributed by atoms with E-state index in [1.807, 2.05) is 44.2 Å². The van der Waals surface area contributed by atoms with Gasteiger partial charge in [0.15, 0.2) is 0 Å². The molecule has 0 fully saturated rings. The smallest absolute Gasteiger partial charge is 0.319 e. The average molecular weight is 325 g/mol. The molecule has 24 heavy (non-hydrogen) atoms. The standard InChI is InChI=1S/C19H23N3O2/c1-14(2)20-19(24)22-17-11-9-16(10-12-17)21-18(23)13-8-15-6-4-3-5-7-15/h3-7,9-12,14H,8,13H2,1-2H3,(H,21,23)(H2,20,22,24). The van der Waals surface area contributed by atoms with Gasteiger partial charge in [-0.05, 0) is 50.1 Å². The first-order valence-corrected chi connectivity index (χ1v) is 8.04. The lowest BCUT2D eigenvalue weighted by atomic mass is 10.1. The Hall–Kier alpha value is -2.82. The van der Waals surface area contributed by atoms with Gasteiger partial charge in [-0.25, -0.2) is 4.79 Å². The molecule has 0 unspecified atom stereocenters. The zero-order valence-corrected chi connectivity index (χ0v) is 14.0. The second kappa shape index (κ2) is 8.72. The summed E-state index contributed by atoms with van der Waals surface area (Å²) in [5, 5.41) is 8.35. The largest absolute Gasteiger partial charge is 0.336 e. The third-order valence-electron chi connectivity index (χ3n) is 3.33. The van der Waals surface area contributed by atoms with Gasteiger partial charge in [-0.3, -0.25) is 4.79 Å². The van der Waals surface area contributed by atoms with Gasteiger partial charge in [0.1, 0.15) is 0 Å². The van der Waals surface area contributed by atoms with Crippen molar-refractivity contribution in [3.05, 3.63) is 60.2 Å². The van der Waals surface area contributed by atoms with Gasteiger partial charge in [0.05, 0.1) is 0 Å². The number of hydrogen-bond donors (Lipinski definition) is 3. The summed E-state index contributed by atoms with van der Waals surface area (Å²) in [6.45, 7) is 3.79. The van der Waals surface area contributed by atoms with Gasteiger partial charge >= 0.3 is 6.03 Å². The van der Waals surface area contributed by atoms with E-state index in [1.54, 1.807) is 24.3 Å². The molecule has 0 bridgehead atoms. The Morgan fingerprint density at radius 3 is 2.04 bits per heavy atom. The van der Waals surface area contributed by atoms with Gasteiger partial charge in [0, 0.05) is 23.8 Å². The molecule has 2 aromatic carbocycles. The molecule has 0 heterocycles. The molecule has 126 valence electrons. The number of hydrogen-bond acceptors (Lipinski definition) is 2. The number of aryl methyl sites for hydroxylation is 1. The lowest BCUT2D eigenvalue weighted by Gasteiger charge is -2.11. The van der Waals surface area contributed by atoms with Crippen LogP contribution in [0.2, 0.25) is 0 Å². The van der Waals surface area contributed by atoms with E-state index in [1.165, 1.54) is 0 Å². The summed E-state index contributed by atoms with van der Waals surface area (Å²) in [7, 11) is 0. The van der Waals surface area contributed by atoms with Crippen molar-refractivity contribution in [2.75, 3.05) is 10.6 Å². The molecular weight excluding hydrogens is 302 g/mol. The topological polar surface area (TPSA) is 70.2 Å². The van der Waals surface area contributed by atoms with E-state index in [9.17, 15) is 9.59 Å². The molecule has 5 heteroatoms. The molecule has 0 saturated heterocycles. The quantitative estimate of drug-likeness (QED) is 0.756. The molecular formula is C19H23N3O2. The van der Waals surface area contributed by atoms with Crippen LogP contribution in [-0.2, 0) is 11.2 Å². The van der Waals surface area contributed by atoms with E-state index < -0.39 is 0 Å². The second-order valence-electron chi connectivity index (χ2n) is 5.86. The van der Waals surface area contributed by atoms with Gasteiger partial charge in [-0.1, -0.05) is 30.3 Å². The van der Waals surface area contributed by atoms with Crippen LogP contribution in [0.3, 0.4) is 0 Å². The Kier molecular flexibility index (Phi) is 6.37. The minimum Gasteiger partial charge on any atom is -0.336 e. The molecule has 0 saturated carbocycles. The average Bonchev–Trinajstić information content (AvgIpc) is 2.55. The molecule has 0 spiro atoms. The predicted octanol–water partition coefficient (Wildman–Crippen LogP) is 3.79. The number of amides is 3. The SMILES string of the molecule is CC(C)NC(=O)Nc1ccc(NC(=O)CCc2ccccc2)cc1. The monoisotopic (exact) mass is 325 g/mol. The van der Waals surface area contributed by atoms with Crippen LogP contribution in [-0.4, -0.2) is 18.0 Å². The highest BCUT2D eigenvalue weighted by Crippen LogP contribution is 2.14. The summed E-state index contributed by atoms with van der Waals surface area (Å²) < 4.78 is 0. The van der Waals surface area contributed by atoms with Gasteiger partial charge in [0.2, 0.25) is 5.91 Å². The van der Waals surface area contributed by atoms with Crippen molar-refractivity contribution >= 4 is 23.3 Å². The lowest BCUT2D eigenvalue weighted by molar-refractivity contribution is -0.116. The Bertz CT molecular complexity index is 667. The third kappa shape index (κ3) is 6.12. The van der Waals surface area contributed by atoms with E-state index in [-0.39, 0.29) is 18.0 Å². The van der Waals surface area contributed by atoms with Crippen LogP contribution >= 0.6 is 0 Å². The van der Waals surface area contributed by atoms with E-state index in [0.717, 1.165) is 5.56 Å². The minimum atomic E-state index is -0.246. The van der Waals surface area contributed by atoms with Crippen molar-refractivity contribution in [1.82, 2.24) is 5.32 Å². The molecule has 3 amide bonds. The summed E-state index contributed by atoms with van der Waals surface area (Å²) in [6.07, 6.45) is 1.14. The minimum absolute atomic E-state index is 0.0305. The van der Waals surface area contributed by atoms with Crippen LogP contribution in [0, 0.1) is 0 Å². The number of anilines is 2. The highest BCUT2D eigenvalue weighted by atomic mass is 16.2. The highest BCUT2D eigenvalue weighted by Gasteiger charge is 2.05. The van der Waals surface area contributed by atoms with E-state index in [4.69, 9.17) is 0 Å². The van der Waals surface area contributed by atoms with E-state index in [0.29, 0.717) is 24.2 Å². The first-order valence-electron chi connectivity index (χ1n) is 8.04. The predicted molar refractivity (Wildman–Crippen MR) is 97.1 cm³/mol. The zero-order valence-electron chi connectivity index (χ0n) is 14.0. The van der Waals surface area contributed by atoms with E-state index in [2.05, 4.69) is 16.0 Å². The van der Waals surface area contributed by atoms with Crippen molar-refractivity contribution in [2.24, 2.45) is 0 Å². The fraction of sp³-hybridized carbons (Fsp3) is 0.263. The molecule has 3 N–H and O–H groups in total. The summed E-state index contributed by atoms with van der Waals surface area (Å²) in [5.74, 6) is -0.0305. The lowest BCUT2D eigenvalue weighted by Crippen LogP contribution is -2.34. The van der Waals surface area contributed by atoms with Crippen LogP contribution in [0.15, 0.2) is 54.6 Å². The van der Waals surface area contributed by atoms with Crippen molar-refractivity contribution in [3.63, 3.8) is 0 Å². The molecule has 0 radical (unpaired) electrons. The maximum atomic E-state index is 12.0. The number of rotatable bonds is 6. The first-order chi connectivity index (χ1) is 11.5. The number of urea groups is 1. The maximum Gasteiger partial charge on any atom is 0.319 e. The molecule has 0 aromatic heterocycles. The van der Waals surface area contributed by atoms with Crippen LogP contribution in [0.5, 0.6) is 0 Å². The number of benzene rings is 2. The van der Waals surface area contributed by atoms with Gasteiger partial charge < -0.3 is 16.0 Å². The van der Waals surface area contributed by atoms with Gasteiger partial charge in [-0.2, -0.15) is 0 Å². The van der Waals surface area contributed by atoms with Gasteiger partial charge in [-0.15, -0.1) is 0 Å². The number of carbonyl (C=O) groups excluding carboxylic acids is 2.